The third-order valence-electron chi connectivity index (χ3n) is 4.31. The Morgan fingerprint density at radius 2 is 2.26 bits per heavy atom. The lowest BCUT2D eigenvalue weighted by molar-refractivity contribution is -0.110. The summed E-state index contributed by atoms with van der Waals surface area (Å²) in [5.41, 5.74) is 0.581. The van der Waals surface area contributed by atoms with E-state index in [-0.39, 0.29) is 19.3 Å². The zero-order chi connectivity index (χ0) is 16.4. The third-order valence-corrected chi connectivity index (χ3v) is 6.07. The van der Waals surface area contributed by atoms with E-state index in [1.807, 2.05) is 0 Å². The highest BCUT2D eigenvalue weighted by Gasteiger charge is 2.43. The Hall–Kier alpha value is -1.06. The quantitative estimate of drug-likeness (QED) is 0.870. The summed E-state index contributed by atoms with van der Waals surface area (Å²) in [7, 11) is -1.95. The predicted octanol–water partition coefficient (Wildman–Crippen LogP) is 1.21. The number of hydrogen-bond donors (Lipinski definition) is 1. The van der Waals surface area contributed by atoms with Gasteiger partial charge in [-0.15, -0.1) is 0 Å². The van der Waals surface area contributed by atoms with Crippen LogP contribution in [0.1, 0.15) is 24.4 Å². The first-order valence-corrected chi connectivity index (χ1v) is 9.23. The summed E-state index contributed by atoms with van der Waals surface area (Å²) in [4.78, 5) is 5.39. The summed E-state index contributed by atoms with van der Waals surface area (Å²) in [5, 5.41) is 0.681. The molecule has 23 heavy (non-hydrogen) atoms. The average molecular weight is 344 g/mol. The molecule has 0 aromatic heterocycles. The van der Waals surface area contributed by atoms with Crippen molar-refractivity contribution in [1.29, 1.82) is 0 Å². The molecule has 0 radical (unpaired) electrons. The van der Waals surface area contributed by atoms with Crippen molar-refractivity contribution in [2.24, 2.45) is 0 Å². The van der Waals surface area contributed by atoms with E-state index >= 15 is 0 Å². The molecule has 2 saturated heterocycles. The molecule has 0 amide bonds. The molecule has 3 atom stereocenters. The number of hydrogen-bond acceptors (Lipinski definition) is 5. The van der Waals surface area contributed by atoms with Crippen LogP contribution in [0.15, 0.2) is 24.3 Å². The number of ether oxygens (including phenoxy) is 1. The van der Waals surface area contributed by atoms with Gasteiger partial charge in [0.25, 0.3) is 0 Å². The van der Waals surface area contributed by atoms with Crippen LogP contribution >= 0.6 is 0 Å². The fourth-order valence-corrected chi connectivity index (χ4v) is 4.63. The maximum atomic E-state index is 13.5. The van der Waals surface area contributed by atoms with Crippen molar-refractivity contribution < 1.29 is 22.4 Å². The molecule has 1 aromatic carbocycles. The van der Waals surface area contributed by atoms with Crippen LogP contribution in [0.3, 0.4) is 0 Å². The maximum absolute atomic E-state index is 13.5. The Morgan fingerprint density at radius 3 is 2.96 bits per heavy atom. The summed E-state index contributed by atoms with van der Waals surface area (Å²) in [6.07, 6.45) is 1.74. The van der Waals surface area contributed by atoms with Crippen LogP contribution in [0.25, 0.3) is 0 Å². The second-order valence-corrected chi connectivity index (χ2v) is 7.89. The highest BCUT2D eigenvalue weighted by atomic mass is 32.2. The Kier molecular flexibility index (Phi) is 4.98. The zero-order valence-corrected chi connectivity index (χ0v) is 13.8. The lowest BCUT2D eigenvalue weighted by Gasteiger charge is -2.23. The van der Waals surface area contributed by atoms with Gasteiger partial charge in [0, 0.05) is 20.2 Å². The topological polar surface area (TPSA) is 67.9 Å². The molecule has 0 spiro atoms. The van der Waals surface area contributed by atoms with Crippen molar-refractivity contribution in [3.05, 3.63) is 35.6 Å². The number of nitrogens with one attached hydrogen (secondary N) is 1. The van der Waals surface area contributed by atoms with Gasteiger partial charge in [-0.25, -0.2) is 17.5 Å². The van der Waals surface area contributed by atoms with Gasteiger partial charge in [-0.2, -0.15) is 5.06 Å². The van der Waals surface area contributed by atoms with Crippen molar-refractivity contribution in [2.45, 2.75) is 30.2 Å². The molecule has 2 aliphatic rings. The van der Waals surface area contributed by atoms with Gasteiger partial charge >= 0.3 is 0 Å². The monoisotopic (exact) mass is 344 g/mol. The molecule has 0 aliphatic carbocycles. The van der Waals surface area contributed by atoms with Gasteiger partial charge in [0.05, 0.1) is 18.8 Å². The molecular weight excluding hydrogens is 323 g/mol. The van der Waals surface area contributed by atoms with Gasteiger partial charge in [-0.3, -0.25) is 4.84 Å². The van der Waals surface area contributed by atoms with E-state index in [4.69, 9.17) is 9.57 Å². The van der Waals surface area contributed by atoms with Gasteiger partial charge in [-0.1, -0.05) is 12.1 Å². The SMILES string of the molecule is CN1OCC(S(=O)(=O)NCC2CCCO2)C1c1cccc(F)c1. The van der Waals surface area contributed by atoms with Crippen LogP contribution in [0.4, 0.5) is 4.39 Å². The van der Waals surface area contributed by atoms with Crippen molar-refractivity contribution in [2.75, 3.05) is 26.8 Å². The van der Waals surface area contributed by atoms with Gasteiger partial charge in [0.15, 0.2) is 0 Å². The Labute approximate surface area is 135 Å². The third kappa shape index (κ3) is 3.72. The summed E-state index contributed by atoms with van der Waals surface area (Å²) in [6, 6.07) is 5.41. The van der Waals surface area contributed by atoms with E-state index in [0.717, 1.165) is 12.8 Å². The molecule has 1 N–H and O–H groups in total. The minimum Gasteiger partial charge on any atom is -0.377 e. The van der Waals surface area contributed by atoms with E-state index < -0.39 is 27.1 Å². The van der Waals surface area contributed by atoms with Crippen LogP contribution in [-0.2, 0) is 19.6 Å². The Morgan fingerprint density at radius 1 is 1.43 bits per heavy atom. The normalized spacial score (nSPS) is 29.2. The number of nitrogens with zero attached hydrogens (tertiary/aromatic N) is 1. The van der Waals surface area contributed by atoms with E-state index in [9.17, 15) is 12.8 Å². The van der Waals surface area contributed by atoms with E-state index in [1.165, 1.54) is 17.2 Å². The van der Waals surface area contributed by atoms with E-state index in [2.05, 4.69) is 4.72 Å². The van der Waals surface area contributed by atoms with Crippen molar-refractivity contribution in [3.63, 3.8) is 0 Å². The van der Waals surface area contributed by atoms with Crippen molar-refractivity contribution in [3.8, 4) is 0 Å². The summed E-state index contributed by atoms with van der Waals surface area (Å²) >= 11 is 0. The first-order valence-electron chi connectivity index (χ1n) is 7.68. The van der Waals surface area contributed by atoms with Gasteiger partial charge in [0.1, 0.15) is 11.1 Å². The molecule has 128 valence electrons. The molecule has 1 aromatic rings. The van der Waals surface area contributed by atoms with Crippen LogP contribution in [-0.4, -0.2) is 51.6 Å². The number of hydroxylamine groups is 2. The fraction of sp³-hybridized carbons (Fsp3) is 0.600. The van der Waals surface area contributed by atoms with Crippen LogP contribution in [0.5, 0.6) is 0 Å². The number of rotatable bonds is 5. The highest BCUT2D eigenvalue weighted by molar-refractivity contribution is 7.90. The zero-order valence-electron chi connectivity index (χ0n) is 12.9. The van der Waals surface area contributed by atoms with Crippen molar-refractivity contribution in [1.82, 2.24) is 9.79 Å². The number of sulfonamides is 1. The molecular formula is C15H21FN2O4S. The molecule has 6 nitrogen and oxygen atoms in total. The smallest absolute Gasteiger partial charge is 0.218 e. The first-order chi connectivity index (χ1) is 11.0. The van der Waals surface area contributed by atoms with Crippen LogP contribution in [0.2, 0.25) is 0 Å². The molecule has 2 heterocycles. The Bertz CT molecular complexity index is 649. The number of halogens is 1. The fourth-order valence-electron chi connectivity index (χ4n) is 3.09. The lowest BCUT2D eigenvalue weighted by Crippen LogP contribution is -2.42. The standard InChI is InChI=1S/C15H21FN2O4S/c1-18-15(11-4-2-5-12(16)8-11)14(10-22-18)23(19,20)17-9-13-6-3-7-21-13/h2,4-5,8,13-15,17H,3,6-7,9-10H2,1H3. The second-order valence-electron chi connectivity index (χ2n) is 5.91. The van der Waals surface area contributed by atoms with Gasteiger partial charge in [-0.05, 0) is 30.5 Å². The largest absolute Gasteiger partial charge is 0.377 e. The first kappa shape index (κ1) is 16.8. The minimum atomic E-state index is -3.61. The van der Waals surface area contributed by atoms with E-state index in [1.54, 1.807) is 19.2 Å². The molecule has 2 aliphatic heterocycles. The lowest BCUT2D eigenvalue weighted by atomic mass is 10.0. The highest BCUT2D eigenvalue weighted by Crippen LogP contribution is 2.33. The van der Waals surface area contributed by atoms with Crippen molar-refractivity contribution >= 4 is 10.0 Å². The predicted molar refractivity (Wildman–Crippen MR) is 82.5 cm³/mol. The Balaban J connectivity index is 1.76. The molecule has 3 unspecified atom stereocenters. The average Bonchev–Trinajstić information content (AvgIpc) is 3.14. The second kappa shape index (κ2) is 6.82. The van der Waals surface area contributed by atoms with Gasteiger partial charge in [0.2, 0.25) is 10.0 Å². The molecule has 8 heteroatoms. The summed E-state index contributed by atoms with van der Waals surface area (Å²) in [6.45, 7) is 0.977. The van der Waals surface area contributed by atoms with Gasteiger partial charge < -0.3 is 4.74 Å². The molecule has 3 rings (SSSR count). The molecule has 2 fully saturated rings. The summed E-state index contributed by atoms with van der Waals surface area (Å²) < 4.78 is 46.8. The minimum absolute atomic E-state index is 0.0402. The van der Waals surface area contributed by atoms with E-state index in [0.29, 0.717) is 12.2 Å². The number of benzene rings is 1. The maximum Gasteiger partial charge on any atom is 0.218 e. The van der Waals surface area contributed by atoms with Crippen LogP contribution in [0, 0.1) is 5.82 Å². The summed E-state index contributed by atoms with van der Waals surface area (Å²) in [5.74, 6) is -0.397. The molecule has 0 bridgehead atoms. The van der Waals surface area contributed by atoms with Crippen LogP contribution < -0.4 is 4.72 Å². The molecule has 0 saturated carbocycles.